The summed E-state index contributed by atoms with van der Waals surface area (Å²) in [7, 11) is 1.66. The molecule has 0 aliphatic carbocycles. The summed E-state index contributed by atoms with van der Waals surface area (Å²) in [5.74, 6) is 1.29. The first-order valence-corrected chi connectivity index (χ1v) is 10.9. The van der Waals surface area contributed by atoms with Crippen LogP contribution in [0.25, 0.3) is 0 Å². The fraction of sp³-hybridized carbons (Fsp3) is 0.480. The van der Waals surface area contributed by atoms with E-state index in [-0.39, 0.29) is 23.7 Å². The van der Waals surface area contributed by atoms with Crippen molar-refractivity contribution in [1.82, 2.24) is 10.2 Å². The van der Waals surface area contributed by atoms with E-state index in [2.05, 4.69) is 24.1 Å². The number of halogens is 1. The van der Waals surface area contributed by atoms with Gasteiger partial charge in [-0.2, -0.15) is 0 Å². The van der Waals surface area contributed by atoms with E-state index >= 15 is 0 Å². The van der Waals surface area contributed by atoms with Crippen LogP contribution in [0, 0.1) is 17.7 Å². The van der Waals surface area contributed by atoms with Crippen LogP contribution in [0.1, 0.15) is 50.3 Å². The van der Waals surface area contributed by atoms with Gasteiger partial charge < -0.3 is 10.1 Å². The van der Waals surface area contributed by atoms with Gasteiger partial charge in [0.25, 0.3) is 0 Å². The Labute approximate surface area is 179 Å². The molecule has 5 heteroatoms. The molecule has 2 aromatic rings. The number of piperidine rings is 1. The molecule has 3 rings (SSSR count). The molecule has 30 heavy (non-hydrogen) atoms. The summed E-state index contributed by atoms with van der Waals surface area (Å²) >= 11 is 0. The third kappa shape index (κ3) is 6.30. The lowest BCUT2D eigenvalue weighted by atomic mass is 9.92. The summed E-state index contributed by atoms with van der Waals surface area (Å²) in [6.07, 6.45) is 2.61. The fourth-order valence-electron chi connectivity index (χ4n) is 4.08. The van der Waals surface area contributed by atoms with Gasteiger partial charge in [0.1, 0.15) is 11.6 Å². The third-order valence-corrected chi connectivity index (χ3v) is 5.82. The van der Waals surface area contributed by atoms with Crippen LogP contribution in [0.3, 0.4) is 0 Å². The number of hydrogen-bond donors (Lipinski definition) is 1. The van der Waals surface area contributed by atoms with Crippen LogP contribution in [0.4, 0.5) is 4.39 Å². The van der Waals surface area contributed by atoms with Gasteiger partial charge in [0, 0.05) is 12.5 Å². The van der Waals surface area contributed by atoms with E-state index in [9.17, 15) is 9.18 Å². The molecule has 0 unspecified atom stereocenters. The molecule has 1 N–H and O–H groups in total. The summed E-state index contributed by atoms with van der Waals surface area (Å²) in [5.41, 5.74) is 2.22. The highest BCUT2D eigenvalue weighted by atomic mass is 19.1. The number of nitrogens with zero attached hydrogens (tertiary/aromatic N) is 1. The molecule has 0 radical (unpaired) electrons. The molecule has 1 aliphatic heterocycles. The van der Waals surface area contributed by atoms with Crippen molar-refractivity contribution in [1.29, 1.82) is 0 Å². The second-order valence-electron chi connectivity index (χ2n) is 8.64. The molecular formula is C25H33FN2O2. The molecule has 1 atom stereocenters. The first kappa shape index (κ1) is 22.3. The van der Waals surface area contributed by atoms with Crippen LogP contribution in [0.2, 0.25) is 0 Å². The van der Waals surface area contributed by atoms with Crippen molar-refractivity contribution in [3.05, 3.63) is 65.5 Å². The lowest BCUT2D eigenvalue weighted by molar-refractivity contribution is -0.127. The Hall–Kier alpha value is -2.40. The predicted molar refractivity (Wildman–Crippen MR) is 118 cm³/mol. The van der Waals surface area contributed by atoms with E-state index in [0.29, 0.717) is 5.92 Å². The fourth-order valence-corrected chi connectivity index (χ4v) is 4.08. The van der Waals surface area contributed by atoms with Crippen molar-refractivity contribution >= 4 is 5.91 Å². The van der Waals surface area contributed by atoms with Crippen molar-refractivity contribution in [2.45, 2.75) is 45.7 Å². The van der Waals surface area contributed by atoms with Crippen molar-refractivity contribution in [3.8, 4) is 5.75 Å². The number of carbonyl (C=O) groups excluding carboxylic acids is 1. The summed E-state index contributed by atoms with van der Waals surface area (Å²) in [5, 5.41) is 3.30. The van der Waals surface area contributed by atoms with Gasteiger partial charge in [-0.25, -0.2) is 4.39 Å². The van der Waals surface area contributed by atoms with Crippen LogP contribution in [-0.4, -0.2) is 31.0 Å². The molecule has 1 fully saturated rings. The second kappa shape index (κ2) is 10.6. The SMILES string of the molecule is COc1ccc([C@@H](CC(C)C)NC(=O)C2CCN(Cc3ccc(F)cc3)CC2)cc1. The Balaban J connectivity index is 1.55. The monoisotopic (exact) mass is 412 g/mol. The molecular weight excluding hydrogens is 379 g/mol. The molecule has 1 heterocycles. The molecule has 1 saturated heterocycles. The smallest absolute Gasteiger partial charge is 0.223 e. The zero-order chi connectivity index (χ0) is 21.5. The summed E-state index contributed by atoms with van der Waals surface area (Å²) < 4.78 is 18.3. The Morgan fingerprint density at radius 2 is 1.73 bits per heavy atom. The van der Waals surface area contributed by atoms with Gasteiger partial charge >= 0.3 is 0 Å². The predicted octanol–water partition coefficient (Wildman–Crippen LogP) is 4.95. The number of benzene rings is 2. The molecule has 0 aromatic heterocycles. The number of amides is 1. The second-order valence-corrected chi connectivity index (χ2v) is 8.64. The highest BCUT2D eigenvalue weighted by Crippen LogP contribution is 2.26. The van der Waals surface area contributed by atoms with Crippen molar-refractivity contribution < 1.29 is 13.9 Å². The zero-order valence-electron chi connectivity index (χ0n) is 18.2. The number of methoxy groups -OCH3 is 1. The minimum Gasteiger partial charge on any atom is -0.497 e. The summed E-state index contributed by atoms with van der Waals surface area (Å²) in [6, 6.07) is 14.7. The van der Waals surface area contributed by atoms with Gasteiger partial charge in [0.05, 0.1) is 13.2 Å². The Morgan fingerprint density at radius 3 is 2.30 bits per heavy atom. The highest BCUT2D eigenvalue weighted by Gasteiger charge is 2.27. The lowest BCUT2D eigenvalue weighted by Crippen LogP contribution is -2.41. The molecule has 0 spiro atoms. The highest BCUT2D eigenvalue weighted by molar-refractivity contribution is 5.79. The maximum Gasteiger partial charge on any atom is 0.223 e. The van der Waals surface area contributed by atoms with E-state index in [0.717, 1.165) is 55.8 Å². The minimum atomic E-state index is -0.207. The van der Waals surface area contributed by atoms with Gasteiger partial charge in [0.15, 0.2) is 0 Å². The number of carbonyl (C=O) groups is 1. The minimum absolute atomic E-state index is 0.0145. The van der Waals surface area contributed by atoms with Crippen LogP contribution in [-0.2, 0) is 11.3 Å². The Kier molecular flexibility index (Phi) is 7.86. The Morgan fingerprint density at radius 1 is 1.10 bits per heavy atom. The van der Waals surface area contributed by atoms with E-state index < -0.39 is 0 Å². The normalized spacial score (nSPS) is 16.4. The maximum atomic E-state index is 13.1. The van der Waals surface area contributed by atoms with Gasteiger partial charge in [-0.15, -0.1) is 0 Å². The topological polar surface area (TPSA) is 41.6 Å². The van der Waals surface area contributed by atoms with Crippen molar-refractivity contribution in [3.63, 3.8) is 0 Å². The van der Waals surface area contributed by atoms with Crippen LogP contribution in [0.5, 0.6) is 5.75 Å². The average Bonchev–Trinajstić information content (AvgIpc) is 2.75. The number of hydrogen-bond acceptors (Lipinski definition) is 3. The first-order chi connectivity index (χ1) is 14.4. The molecule has 1 aliphatic rings. The van der Waals surface area contributed by atoms with Crippen molar-refractivity contribution in [2.24, 2.45) is 11.8 Å². The number of rotatable bonds is 8. The number of ether oxygens (including phenoxy) is 1. The molecule has 2 aromatic carbocycles. The van der Waals surface area contributed by atoms with Gasteiger partial charge in [-0.3, -0.25) is 9.69 Å². The van der Waals surface area contributed by atoms with Crippen LogP contribution in [0.15, 0.2) is 48.5 Å². The van der Waals surface area contributed by atoms with Gasteiger partial charge in [0.2, 0.25) is 5.91 Å². The maximum absolute atomic E-state index is 13.1. The van der Waals surface area contributed by atoms with Crippen LogP contribution >= 0.6 is 0 Å². The third-order valence-electron chi connectivity index (χ3n) is 5.82. The van der Waals surface area contributed by atoms with E-state index in [1.165, 1.54) is 12.1 Å². The van der Waals surface area contributed by atoms with Crippen LogP contribution < -0.4 is 10.1 Å². The standard InChI is InChI=1S/C25H33FN2O2/c1-18(2)16-24(20-6-10-23(30-3)11-7-20)27-25(29)21-12-14-28(15-13-21)17-19-4-8-22(26)9-5-19/h4-11,18,21,24H,12-17H2,1-3H3,(H,27,29)/t24-/m1/s1. The molecule has 1 amide bonds. The summed E-state index contributed by atoms with van der Waals surface area (Å²) in [4.78, 5) is 15.3. The first-order valence-electron chi connectivity index (χ1n) is 10.9. The zero-order valence-corrected chi connectivity index (χ0v) is 18.2. The quantitative estimate of drug-likeness (QED) is 0.667. The summed E-state index contributed by atoms with van der Waals surface area (Å²) in [6.45, 7) is 6.92. The van der Waals surface area contributed by atoms with E-state index in [4.69, 9.17) is 4.74 Å². The largest absolute Gasteiger partial charge is 0.497 e. The van der Waals surface area contributed by atoms with Gasteiger partial charge in [-0.1, -0.05) is 38.1 Å². The lowest BCUT2D eigenvalue weighted by Gasteiger charge is -2.32. The molecule has 162 valence electrons. The molecule has 4 nitrogen and oxygen atoms in total. The van der Waals surface area contributed by atoms with E-state index in [1.54, 1.807) is 7.11 Å². The number of likely N-dealkylation sites (tertiary alicyclic amines) is 1. The molecule has 0 bridgehead atoms. The Bertz CT molecular complexity index is 797. The number of nitrogens with one attached hydrogen (secondary N) is 1. The van der Waals surface area contributed by atoms with E-state index in [1.807, 2.05) is 36.4 Å². The average molecular weight is 413 g/mol. The molecule has 0 saturated carbocycles. The van der Waals surface area contributed by atoms with Gasteiger partial charge in [-0.05, 0) is 73.7 Å². The van der Waals surface area contributed by atoms with Crippen molar-refractivity contribution in [2.75, 3.05) is 20.2 Å².